The van der Waals surface area contributed by atoms with E-state index in [1.54, 1.807) is 23.5 Å². The minimum absolute atomic E-state index is 0.0971. The van der Waals surface area contributed by atoms with Crippen molar-refractivity contribution in [3.63, 3.8) is 0 Å². The van der Waals surface area contributed by atoms with Gasteiger partial charge in [0.05, 0.1) is 17.3 Å². The summed E-state index contributed by atoms with van der Waals surface area (Å²) in [6.45, 7) is 2.29. The van der Waals surface area contributed by atoms with Crippen molar-refractivity contribution in [1.29, 1.82) is 0 Å². The van der Waals surface area contributed by atoms with E-state index in [4.69, 9.17) is 5.11 Å². The quantitative estimate of drug-likeness (QED) is 0.275. The number of rotatable bonds is 11. The van der Waals surface area contributed by atoms with E-state index in [2.05, 4.69) is 23.6 Å². The summed E-state index contributed by atoms with van der Waals surface area (Å²) in [6, 6.07) is 9.74. The number of amides is 1. The number of benzene rings is 1. The standard InChI is InChI=1S/C30H40N2O4S/c1-2-25-24(19-26(37-25)29(35)21-11-7-4-8-12-21)28(20-9-5-3-6-10-20)32-23-15-13-22(14-16-23)30(36)31-18-17-27(33)34/h13-16,19-21,28,32H,2-12,17-18H2,1H3,(H,31,36)(H,33,34). The molecule has 1 aromatic carbocycles. The molecule has 1 amide bonds. The summed E-state index contributed by atoms with van der Waals surface area (Å²) >= 11 is 1.70. The van der Waals surface area contributed by atoms with Gasteiger partial charge in [0.25, 0.3) is 5.91 Å². The Bertz CT molecular complexity index is 1070. The van der Waals surface area contributed by atoms with Gasteiger partial charge >= 0.3 is 5.97 Å². The van der Waals surface area contributed by atoms with Crippen LogP contribution in [0.2, 0.25) is 0 Å². The van der Waals surface area contributed by atoms with Crippen molar-refractivity contribution in [3.8, 4) is 0 Å². The molecule has 1 unspecified atom stereocenters. The second-order valence-corrected chi connectivity index (χ2v) is 11.7. The molecule has 0 saturated heterocycles. The van der Waals surface area contributed by atoms with Crippen LogP contribution in [0.5, 0.6) is 0 Å². The van der Waals surface area contributed by atoms with Crippen molar-refractivity contribution >= 4 is 34.7 Å². The highest BCUT2D eigenvalue weighted by Crippen LogP contribution is 2.41. The van der Waals surface area contributed by atoms with Gasteiger partial charge in [-0.05, 0) is 73.9 Å². The van der Waals surface area contributed by atoms with Crippen LogP contribution in [-0.4, -0.2) is 29.3 Å². The molecule has 4 rings (SSSR count). The Kier molecular flexibility index (Phi) is 9.78. The number of aryl methyl sites for hydroxylation is 1. The first-order valence-corrected chi connectivity index (χ1v) is 14.8. The van der Waals surface area contributed by atoms with Crippen LogP contribution in [0.25, 0.3) is 0 Å². The van der Waals surface area contributed by atoms with Crippen LogP contribution < -0.4 is 10.6 Å². The molecule has 1 atom stereocenters. The number of nitrogens with one attached hydrogen (secondary N) is 2. The Balaban J connectivity index is 1.53. The van der Waals surface area contributed by atoms with E-state index in [0.29, 0.717) is 17.3 Å². The molecule has 2 aliphatic rings. The minimum atomic E-state index is -0.933. The summed E-state index contributed by atoms with van der Waals surface area (Å²) in [4.78, 5) is 38.7. The van der Waals surface area contributed by atoms with Crippen LogP contribution in [0, 0.1) is 11.8 Å². The molecule has 37 heavy (non-hydrogen) atoms. The number of ketones is 1. The molecule has 6 nitrogen and oxygen atoms in total. The van der Waals surface area contributed by atoms with Gasteiger partial charge in [-0.25, -0.2) is 0 Å². The maximum Gasteiger partial charge on any atom is 0.305 e. The third kappa shape index (κ3) is 7.22. The Morgan fingerprint density at radius 1 is 0.973 bits per heavy atom. The zero-order valence-electron chi connectivity index (χ0n) is 21.9. The summed E-state index contributed by atoms with van der Waals surface area (Å²) in [6.07, 6.45) is 12.5. The minimum Gasteiger partial charge on any atom is -0.481 e. The van der Waals surface area contributed by atoms with Crippen molar-refractivity contribution in [2.45, 2.75) is 90.0 Å². The summed E-state index contributed by atoms with van der Waals surface area (Å²) in [5.41, 5.74) is 2.73. The smallest absolute Gasteiger partial charge is 0.305 e. The highest BCUT2D eigenvalue weighted by Gasteiger charge is 2.31. The average Bonchev–Trinajstić information content (AvgIpc) is 3.36. The van der Waals surface area contributed by atoms with Gasteiger partial charge in [-0.1, -0.05) is 45.4 Å². The zero-order chi connectivity index (χ0) is 26.2. The van der Waals surface area contributed by atoms with Gasteiger partial charge in [0.2, 0.25) is 0 Å². The topological polar surface area (TPSA) is 95.5 Å². The van der Waals surface area contributed by atoms with E-state index in [1.807, 2.05) is 12.1 Å². The monoisotopic (exact) mass is 524 g/mol. The summed E-state index contributed by atoms with van der Waals surface area (Å²) in [7, 11) is 0. The van der Waals surface area contributed by atoms with Gasteiger partial charge in [-0.2, -0.15) is 0 Å². The summed E-state index contributed by atoms with van der Waals surface area (Å²) < 4.78 is 0. The lowest BCUT2D eigenvalue weighted by molar-refractivity contribution is -0.136. The average molecular weight is 525 g/mol. The Hall–Kier alpha value is -2.67. The van der Waals surface area contributed by atoms with Gasteiger partial charge in [0, 0.05) is 28.6 Å². The highest BCUT2D eigenvalue weighted by molar-refractivity contribution is 7.14. The maximum absolute atomic E-state index is 13.4. The van der Waals surface area contributed by atoms with Gasteiger partial charge in [-0.3, -0.25) is 14.4 Å². The number of hydrogen-bond acceptors (Lipinski definition) is 5. The third-order valence-corrected chi connectivity index (χ3v) is 9.24. The summed E-state index contributed by atoms with van der Waals surface area (Å²) in [5.74, 6) is -0.178. The molecule has 2 aromatic rings. The third-order valence-electron chi connectivity index (χ3n) is 7.93. The van der Waals surface area contributed by atoms with Crippen molar-refractivity contribution in [2.24, 2.45) is 11.8 Å². The molecule has 3 N–H and O–H groups in total. The first-order valence-electron chi connectivity index (χ1n) is 14.0. The Morgan fingerprint density at radius 2 is 1.62 bits per heavy atom. The van der Waals surface area contributed by atoms with E-state index in [0.717, 1.165) is 42.7 Å². The number of hydrogen-bond donors (Lipinski definition) is 3. The van der Waals surface area contributed by atoms with E-state index in [1.165, 1.54) is 49.0 Å². The molecule has 7 heteroatoms. The van der Waals surface area contributed by atoms with Crippen LogP contribution in [-0.2, 0) is 11.2 Å². The van der Waals surface area contributed by atoms with Gasteiger partial charge in [-0.15, -0.1) is 11.3 Å². The van der Waals surface area contributed by atoms with E-state index >= 15 is 0 Å². The number of aliphatic carboxylic acids is 1. The number of thiophene rings is 1. The zero-order valence-corrected chi connectivity index (χ0v) is 22.7. The first kappa shape index (κ1) is 27.4. The fraction of sp³-hybridized carbons (Fsp3) is 0.567. The van der Waals surface area contributed by atoms with E-state index < -0.39 is 5.97 Å². The van der Waals surface area contributed by atoms with Crippen molar-refractivity contribution in [1.82, 2.24) is 5.32 Å². The molecule has 2 fully saturated rings. The van der Waals surface area contributed by atoms with Crippen molar-refractivity contribution in [3.05, 3.63) is 51.2 Å². The van der Waals surface area contributed by atoms with Crippen LogP contribution in [0.1, 0.15) is 114 Å². The van der Waals surface area contributed by atoms with Gasteiger partial charge in [0.1, 0.15) is 0 Å². The normalized spacial score (nSPS) is 17.8. The fourth-order valence-corrected chi connectivity index (χ4v) is 7.04. The van der Waals surface area contributed by atoms with Crippen LogP contribution in [0.15, 0.2) is 30.3 Å². The fourth-order valence-electron chi connectivity index (χ4n) is 5.87. The van der Waals surface area contributed by atoms with Crippen LogP contribution in [0.4, 0.5) is 5.69 Å². The lowest BCUT2D eigenvalue weighted by Crippen LogP contribution is -2.26. The van der Waals surface area contributed by atoms with Crippen LogP contribution >= 0.6 is 11.3 Å². The molecule has 1 heterocycles. The molecule has 2 aliphatic carbocycles. The van der Waals surface area contributed by atoms with Crippen LogP contribution in [0.3, 0.4) is 0 Å². The highest BCUT2D eigenvalue weighted by atomic mass is 32.1. The second-order valence-electron chi connectivity index (χ2n) is 10.5. The molecule has 2 saturated carbocycles. The molecule has 0 bridgehead atoms. The van der Waals surface area contributed by atoms with Gasteiger partial charge < -0.3 is 15.7 Å². The predicted molar refractivity (Wildman–Crippen MR) is 149 cm³/mol. The largest absolute Gasteiger partial charge is 0.481 e. The Morgan fingerprint density at radius 3 is 2.24 bits per heavy atom. The molecular formula is C30H40N2O4S. The van der Waals surface area contributed by atoms with Gasteiger partial charge in [0.15, 0.2) is 5.78 Å². The van der Waals surface area contributed by atoms with Crippen molar-refractivity contribution < 1.29 is 19.5 Å². The predicted octanol–water partition coefficient (Wildman–Crippen LogP) is 7.01. The molecule has 1 aromatic heterocycles. The molecule has 0 spiro atoms. The number of carbonyl (C=O) groups excluding carboxylic acids is 2. The first-order chi connectivity index (χ1) is 18.0. The number of Topliss-reactive ketones (excluding diaryl/α,β-unsaturated/α-hetero) is 1. The second kappa shape index (κ2) is 13.2. The lowest BCUT2D eigenvalue weighted by atomic mass is 9.80. The Labute approximate surface area is 224 Å². The number of carboxylic acids is 1. The van der Waals surface area contributed by atoms with E-state index in [9.17, 15) is 14.4 Å². The summed E-state index contributed by atoms with van der Waals surface area (Å²) in [5, 5.41) is 15.2. The number of carboxylic acid groups (broad SMARTS) is 1. The SMILES string of the molecule is CCc1sc(C(=O)C2CCCCC2)cc1C(Nc1ccc(C(=O)NCCC(=O)O)cc1)C1CCCCC1. The molecular weight excluding hydrogens is 484 g/mol. The molecule has 0 radical (unpaired) electrons. The molecule has 0 aliphatic heterocycles. The lowest BCUT2D eigenvalue weighted by Gasteiger charge is -2.32. The molecule has 200 valence electrons. The number of anilines is 1. The number of carbonyl (C=O) groups is 3. The van der Waals surface area contributed by atoms with E-state index in [-0.39, 0.29) is 30.8 Å². The van der Waals surface area contributed by atoms with Crippen molar-refractivity contribution in [2.75, 3.05) is 11.9 Å². The maximum atomic E-state index is 13.4.